The minimum atomic E-state index is -0.373. The number of anilines is 2. The van der Waals surface area contributed by atoms with Gasteiger partial charge in [-0.05, 0) is 43.3 Å². The molecule has 0 aliphatic heterocycles. The van der Waals surface area contributed by atoms with Gasteiger partial charge < -0.3 is 16.0 Å². The van der Waals surface area contributed by atoms with E-state index in [4.69, 9.17) is 0 Å². The first-order valence-electron chi connectivity index (χ1n) is 8.64. The van der Waals surface area contributed by atoms with Gasteiger partial charge >= 0.3 is 6.03 Å². The van der Waals surface area contributed by atoms with Crippen molar-refractivity contribution in [1.29, 1.82) is 0 Å². The molecule has 0 fully saturated rings. The normalized spacial score (nSPS) is 10.4. The van der Waals surface area contributed by atoms with Crippen LogP contribution in [0.15, 0.2) is 54.6 Å². The van der Waals surface area contributed by atoms with E-state index in [1.165, 1.54) is 23.5 Å². The van der Waals surface area contributed by atoms with Crippen LogP contribution < -0.4 is 16.0 Å². The quantitative estimate of drug-likeness (QED) is 0.575. The summed E-state index contributed by atoms with van der Waals surface area (Å²) in [6.07, 6.45) is 0.118. The summed E-state index contributed by atoms with van der Waals surface area (Å²) in [6.45, 7) is 2.08. The lowest BCUT2D eigenvalue weighted by Gasteiger charge is -2.07. The van der Waals surface area contributed by atoms with Crippen LogP contribution in [0.5, 0.6) is 0 Å². The lowest BCUT2D eigenvalue weighted by molar-refractivity contribution is -0.116. The predicted octanol–water partition coefficient (Wildman–Crippen LogP) is 4.41. The number of amides is 3. The third-order valence-electron chi connectivity index (χ3n) is 3.83. The minimum absolute atomic E-state index is 0.118. The highest BCUT2D eigenvalue weighted by atomic mass is 32.1. The van der Waals surface area contributed by atoms with Crippen molar-refractivity contribution in [2.24, 2.45) is 0 Å². The summed E-state index contributed by atoms with van der Waals surface area (Å²) in [5.41, 5.74) is 2.17. The molecule has 2 aromatic carbocycles. The maximum Gasteiger partial charge on any atom is 0.319 e. The molecule has 6 nitrogen and oxygen atoms in total. The second-order valence-corrected chi connectivity index (χ2v) is 7.18. The fourth-order valence-corrected chi connectivity index (χ4v) is 3.35. The number of halogens is 1. The predicted molar refractivity (Wildman–Crippen MR) is 109 cm³/mol. The summed E-state index contributed by atoms with van der Waals surface area (Å²) in [6, 6.07) is 14.7. The van der Waals surface area contributed by atoms with Crippen LogP contribution in [0.3, 0.4) is 0 Å². The van der Waals surface area contributed by atoms with E-state index in [0.717, 1.165) is 10.4 Å². The molecule has 3 N–H and O–H groups in total. The van der Waals surface area contributed by atoms with E-state index in [-0.39, 0.29) is 30.7 Å². The first-order chi connectivity index (χ1) is 13.5. The topological polar surface area (TPSA) is 83.1 Å². The molecular formula is C20H19FN4O2S. The number of hydrogen-bond donors (Lipinski definition) is 3. The zero-order valence-corrected chi connectivity index (χ0v) is 16.0. The summed E-state index contributed by atoms with van der Waals surface area (Å²) < 4.78 is 13.1. The van der Waals surface area contributed by atoms with Gasteiger partial charge in [0.1, 0.15) is 5.82 Å². The highest BCUT2D eigenvalue weighted by Crippen LogP contribution is 2.30. The molecule has 0 radical (unpaired) electrons. The SMILES string of the molecule is Cc1sc(NC(=O)CCNC(=O)Nc2ccccc2)nc1-c1ccc(F)cc1. The third kappa shape index (κ3) is 5.37. The molecule has 0 saturated heterocycles. The maximum atomic E-state index is 13.1. The van der Waals surface area contributed by atoms with Gasteiger partial charge in [-0.2, -0.15) is 0 Å². The van der Waals surface area contributed by atoms with E-state index >= 15 is 0 Å². The number of thiazole rings is 1. The Morgan fingerprint density at radius 1 is 1.04 bits per heavy atom. The van der Waals surface area contributed by atoms with Gasteiger partial charge in [-0.1, -0.05) is 18.2 Å². The van der Waals surface area contributed by atoms with Gasteiger partial charge in [-0.15, -0.1) is 11.3 Å². The van der Waals surface area contributed by atoms with Crippen LogP contribution in [0.1, 0.15) is 11.3 Å². The Hall–Kier alpha value is -3.26. The standard InChI is InChI=1S/C20H19FN4O2S/c1-13-18(14-7-9-15(21)10-8-14)25-20(28-13)24-17(26)11-12-22-19(27)23-16-5-3-2-4-6-16/h2-10H,11-12H2,1H3,(H2,22,23,27)(H,24,25,26). The molecule has 1 heterocycles. The largest absolute Gasteiger partial charge is 0.337 e. The summed E-state index contributed by atoms with van der Waals surface area (Å²) in [7, 11) is 0. The van der Waals surface area contributed by atoms with Gasteiger partial charge in [0, 0.05) is 29.1 Å². The molecule has 144 valence electrons. The second-order valence-electron chi connectivity index (χ2n) is 5.98. The molecule has 0 unspecified atom stereocenters. The first kappa shape index (κ1) is 19.5. The number of aromatic nitrogens is 1. The van der Waals surface area contributed by atoms with Crippen molar-refractivity contribution in [3.63, 3.8) is 0 Å². The van der Waals surface area contributed by atoms with Crippen LogP contribution >= 0.6 is 11.3 Å². The molecule has 28 heavy (non-hydrogen) atoms. The van der Waals surface area contributed by atoms with Crippen LogP contribution in [0.4, 0.5) is 20.0 Å². The second kappa shape index (κ2) is 9.09. The van der Waals surface area contributed by atoms with Gasteiger partial charge in [0.2, 0.25) is 5.91 Å². The monoisotopic (exact) mass is 398 g/mol. The lowest BCUT2D eigenvalue weighted by Crippen LogP contribution is -2.31. The number of aryl methyl sites for hydroxylation is 1. The Labute approximate surface area is 165 Å². The van der Waals surface area contributed by atoms with Crippen LogP contribution in [0.2, 0.25) is 0 Å². The van der Waals surface area contributed by atoms with Gasteiger partial charge in [0.25, 0.3) is 0 Å². The number of benzene rings is 2. The van der Waals surface area contributed by atoms with E-state index in [0.29, 0.717) is 16.5 Å². The van der Waals surface area contributed by atoms with Crippen LogP contribution in [-0.2, 0) is 4.79 Å². The van der Waals surface area contributed by atoms with Crippen molar-refractivity contribution in [1.82, 2.24) is 10.3 Å². The Kier molecular flexibility index (Phi) is 6.33. The summed E-state index contributed by atoms with van der Waals surface area (Å²) in [5, 5.41) is 8.51. The van der Waals surface area contributed by atoms with Gasteiger partial charge in [-0.3, -0.25) is 4.79 Å². The van der Waals surface area contributed by atoms with E-state index < -0.39 is 0 Å². The van der Waals surface area contributed by atoms with Gasteiger partial charge in [0.05, 0.1) is 5.69 Å². The number of para-hydroxylation sites is 1. The molecule has 0 aliphatic rings. The van der Waals surface area contributed by atoms with E-state index in [1.807, 2.05) is 25.1 Å². The summed E-state index contributed by atoms with van der Waals surface area (Å²) >= 11 is 1.35. The van der Waals surface area contributed by atoms with Crippen molar-refractivity contribution < 1.29 is 14.0 Å². The number of hydrogen-bond acceptors (Lipinski definition) is 4. The molecule has 0 spiro atoms. The third-order valence-corrected chi connectivity index (χ3v) is 4.72. The van der Waals surface area contributed by atoms with Crippen molar-refractivity contribution in [3.05, 3.63) is 65.3 Å². The molecular weight excluding hydrogens is 379 g/mol. The minimum Gasteiger partial charge on any atom is -0.337 e. The lowest BCUT2D eigenvalue weighted by atomic mass is 10.1. The number of nitrogens with one attached hydrogen (secondary N) is 3. The number of carbonyl (C=O) groups excluding carboxylic acids is 2. The zero-order chi connectivity index (χ0) is 19.9. The van der Waals surface area contributed by atoms with E-state index in [1.54, 1.807) is 24.3 Å². The molecule has 0 aliphatic carbocycles. The van der Waals surface area contributed by atoms with E-state index in [2.05, 4.69) is 20.9 Å². The molecule has 0 atom stereocenters. The Bertz CT molecular complexity index is 958. The van der Waals surface area contributed by atoms with Crippen LogP contribution in [-0.4, -0.2) is 23.5 Å². The van der Waals surface area contributed by atoms with Gasteiger partial charge in [0.15, 0.2) is 5.13 Å². The van der Waals surface area contributed by atoms with Crippen molar-refractivity contribution in [2.75, 3.05) is 17.2 Å². The molecule has 0 bridgehead atoms. The molecule has 3 aromatic rings. The smallest absolute Gasteiger partial charge is 0.319 e. The van der Waals surface area contributed by atoms with Crippen LogP contribution in [0, 0.1) is 12.7 Å². The number of urea groups is 1. The Morgan fingerprint density at radius 3 is 2.46 bits per heavy atom. The number of rotatable bonds is 6. The fraction of sp³-hybridized carbons (Fsp3) is 0.150. The fourth-order valence-electron chi connectivity index (χ4n) is 2.49. The van der Waals surface area contributed by atoms with Gasteiger partial charge in [-0.25, -0.2) is 14.2 Å². The Morgan fingerprint density at radius 2 is 1.75 bits per heavy atom. The molecule has 3 rings (SSSR count). The number of nitrogens with zero attached hydrogens (tertiary/aromatic N) is 1. The maximum absolute atomic E-state index is 13.1. The Balaban J connectivity index is 1.48. The first-order valence-corrected chi connectivity index (χ1v) is 9.46. The highest BCUT2D eigenvalue weighted by molar-refractivity contribution is 7.16. The number of carbonyl (C=O) groups is 2. The average molecular weight is 398 g/mol. The zero-order valence-electron chi connectivity index (χ0n) is 15.2. The summed E-state index contributed by atoms with van der Waals surface area (Å²) in [4.78, 5) is 29.2. The summed E-state index contributed by atoms with van der Waals surface area (Å²) in [5.74, 6) is -0.562. The van der Waals surface area contributed by atoms with Crippen molar-refractivity contribution in [3.8, 4) is 11.3 Å². The van der Waals surface area contributed by atoms with E-state index in [9.17, 15) is 14.0 Å². The molecule has 1 aromatic heterocycles. The van der Waals surface area contributed by atoms with Crippen LogP contribution in [0.25, 0.3) is 11.3 Å². The van der Waals surface area contributed by atoms with Crippen molar-refractivity contribution >= 4 is 34.1 Å². The average Bonchev–Trinajstić information content (AvgIpc) is 3.03. The van der Waals surface area contributed by atoms with Crippen molar-refractivity contribution in [2.45, 2.75) is 13.3 Å². The molecule has 0 saturated carbocycles. The molecule has 3 amide bonds. The highest BCUT2D eigenvalue weighted by Gasteiger charge is 2.12. The molecule has 8 heteroatoms.